The number of hydrazine groups is 1. The molecule has 0 aliphatic heterocycles. The quantitative estimate of drug-likeness (QED) is 0.584. The number of nitrogen functional groups attached to an aromatic ring is 1. The summed E-state index contributed by atoms with van der Waals surface area (Å²) in [5, 5.41) is 5.03. The number of aromatic nitrogens is 1. The minimum Gasteiger partial charge on any atom is -0.343 e. The lowest BCUT2D eigenvalue weighted by Gasteiger charge is -2.21. The number of nitrogens with two attached hydrogens (primary N) is 1. The van der Waals surface area contributed by atoms with Crippen LogP contribution < -0.4 is 16.6 Å². The van der Waals surface area contributed by atoms with Crippen LogP contribution in [0.4, 0.5) is 5.69 Å². The van der Waals surface area contributed by atoms with E-state index in [9.17, 15) is 4.79 Å². The van der Waals surface area contributed by atoms with E-state index in [2.05, 4.69) is 29.6 Å². The molecule has 0 aliphatic carbocycles. The lowest BCUT2D eigenvalue weighted by Crippen LogP contribution is -2.31. The van der Waals surface area contributed by atoms with Crippen molar-refractivity contribution < 1.29 is 4.79 Å². The second kappa shape index (κ2) is 6.49. The summed E-state index contributed by atoms with van der Waals surface area (Å²) >= 11 is 1.64. The van der Waals surface area contributed by atoms with Gasteiger partial charge in [0.1, 0.15) is 5.69 Å². The van der Waals surface area contributed by atoms with Crippen molar-refractivity contribution in [2.45, 2.75) is 19.9 Å². The van der Waals surface area contributed by atoms with E-state index < -0.39 is 0 Å². The fourth-order valence-electron chi connectivity index (χ4n) is 1.89. The van der Waals surface area contributed by atoms with Gasteiger partial charge in [0.15, 0.2) is 0 Å². The molecule has 0 saturated carbocycles. The van der Waals surface area contributed by atoms with Crippen LogP contribution in [0.2, 0.25) is 0 Å². The molecule has 0 radical (unpaired) electrons. The van der Waals surface area contributed by atoms with Gasteiger partial charge >= 0.3 is 0 Å². The number of hydrogen-bond acceptors (Lipinski definition) is 5. The second-order valence-electron chi connectivity index (χ2n) is 4.78. The Morgan fingerprint density at radius 2 is 2.20 bits per heavy atom. The Hall–Kier alpha value is -1.92. The first kappa shape index (κ1) is 14.5. The van der Waals surface area contributed by atoms with Crippen LogP contribution in [0.1, 0.15) is 35.3 Å². The molecule has 2 aromatic heterocycles. The molecule has 0 spiro atoms. The molecule has 2 heterocycles. The third-order valence-electron chi connectivity index (χ3n) is 2.96. The maximum atomic E-state index is 12.3. The lowest BCUT2D eigenvalue weighted by atomic mass is 10.0. The monoisotopic (exact) mass is 290 g/mol. The first-order chi connectivity index (χ1) is 9.61. The van der Waals surface area contributed by atoms with Gasteiger partial charge < -0.3 is 10.7 Å². The van der Waals surface area contributed by atoms with Gasteiger partial charge in [0.25, 0.3) is 5.91 Å². The smallest absolute Gasteiger partial charge is 0.270 e. The van der Waals surface area contributed by atoms with Crippen LogP contribution in [0.5, 0.6) is 0 Å². The number of amides is 1. The van der Waals surface area contributed by atoms with Gasteiger partial charge in [-0.25, -0.2) is 0 Å². The number of anilines is 1. The van der Waals surface area contributed by atoms with Gasteiger partial charge in [-0.05, 0) is 29.5 Å². The van der Waals surface area contributed by atoms with Crippen LogP contribution in [-0.4, -0.2) is 10.9 Å². The molecule has 1 amide bonds. The van der Waals surface area contributed by atoms with E-state index in [1.54, 1.807) is 29.7 Å². The van der Waals surface area contributed by atoms with Gasteiger partial charge in [-0.2, -0.15) is 0 Å². The van der Waals surface area contributed by atoms with E-state index in [0.29, 0.717) is 17.3 Å². The van der Waals surface area contributed by atoms with Crippen molar-refractivity contribution in [3.8, 4) is 0 Å². The number of pyridine rings is 1. The van der Waals surface area contributed by atoms with E-state index in [0.717, 1.165) is 4.88 Å². The van der Waals surface area contributed by atoms with Crippen molar-refractivity contribution in [1.82, 2.24) is 10.3 Å². The molecule has 0 aromatic carbocycles. The van der Waals surface area contributed by atoms with Crippen LogP contribution in [0.3, 0.4) is 0 Å². The normalized spacial score (nSPS) is 12.2. The fraction of sp³-hybridized carbons (Fsp3) is 0.286. The summed E-state index contributed by atoms with van der Waals surface area (Å²) in [7, 11) is 0. The molecule has 0 bridgehead atoms. The number of nitrogens with one attached hydrogen (secondary N) is 2. The van der Waals surface area contributed by atoms with Crippen molar-refractivity contribution in [1.29, 1.82) is 0 Å². The molecular weight excluding hydrogens is 272 g/mol. The number of thiophene rings is 1. The van der Waals surface area contributed by atoms with Crippen LogP contribution in [-0.2, 0) is 0 Å². The minimum absolute atomic E-state index is 0.0150. The second-order valence-corrected chi connectivity index (χ2v) is 5.76. The predicted octanol–water partition coefficient (Wildman–Crippen LogP) is 2.56. The third-order valence-corrected chi connectivity index (χ3v) is 3.92. The van der Waals surface area contributed by atoms with Crippen molar-refractivity contribution in [3.05, 3.63) is 46.4 Å². The molecular formula is C14H18N4OS. The molecule has 1 atom stereocenters. The van der Waals surface area contributed by atoms with Crippen LogP contribution in [0, 0.1) is 5.92 Å². The van der Waals surface area contributed by atoms with Crippen molar-refractivity contribution in [2.24, 2.45) is 11.8 Å². The largest absolute Gasteiger partial charge is 0.343 e. The van der Waals surface area contributed by atoms with Gasteiger partial charge in [-0.3, -0.25) is 15.6 Å². The number of rotatable bonds is 5. The van der Waals surface area contributed by atoms with E-state index in [-0.39, 0.29) is 11.9 Å². The van der Waals surface area contributed by atoms with Gasteiger partial charge in [0.2, 0.25) is 0 Å². The zero-order valence-electron chi connectivity index (χ0n) is 11.5. The molecule has 2 aromatic rings. The van der Waals surface area contributed by atoms with Gasteiger partial charge in [0, 0.05) is 11.1 Å². The zero-order chi connectivity index (χ0) is 14.5. The minimum atomic E-state index is -0.200. The van der Waals surface area contributed by atoms with Crippen molar-refractivity contribution >= 4 is 22.9 Å². The highest BCUT2D eigenvalue weighted by molar-refractivity contribution is 7.10. The highest BCUT2D eigenvalue weighted by Crippen LogP contribution is 2.26. The van der Waals surface area contributed by atoms with Crippen LogP contribution in [0.15, 0.2) is 35.8 Å². The van der Waals surface area contributed by atoms with E-state index in [4.69, 9.17) is 5.84 Å². The summed E-state index contributed by atoms with van der Waals surface area (Å²) in [5.74, 6) is 5.44. The number of nitrogens with zero attached hydrogens (tertiary/aromatic N) is 1. The molecule has 0 aliphatic rings. The Morgan fingerprint density at radius 3 is 2.80 bits per heavy atom. The van der Waals surface area contributed by atoms with Gasteiger partial charge in [-0.15, -0.1) is 11.3 Å². The fourth-order valence-corrected chi connectivity index (χ4v) is 2.84. The Bertz CT molecular complexity index is 568. The first-order valence-electron chi connectivity index (χ1n) is 6.38. The van der Waals surface area contributed by atoms with E-state index in [1.165, 1.54) is 0 Å². The van der Waals surface area contributed by atoms with E-state index in [1.807, 2.05) is 17.5 Å². The molecule has 2 rings (SSSR count). The molecule has 0 saturated heterocycles. The van der Waals surface area contributed by atoms with E-state index >= 15 is 0 Å². The van der Waals surface area contributed by atoms with Gasteiger partial charge in [0.05, 0.1) is 11.7 Å². The summed E-state index contributed by atoms with van der Waals surface area (Å²) in [6.45, 7) is 4.16. The van der Waals surface area contributed by atoms with Crippen LogP contribution in [0.25, 0.3) is 0 Å². The summed E-state index contributed by atoms with van der Waals surface area (Å²) in [4.78, 5) is 17.5. The topological polar surface area (TPSA) is 80.0 Å². The molecule has 5 nitrogen and oxygen atoms in total. The Balaban J connectivity index is 2.16. The Labute approximate surface area is 122 Å². The molecule has 6 heteroatoms. The highest BCUT2D eigenvalue weighted by atomic mass is 32.1. The number of hydrogen-bond donors (Lipinski definition) is 3. The molecule has 20 heavy (non-hydrogen) atoms. The number of carbonyl (C=O) groups excluding carboxylic acids is 1. The Morgan fingerprint density at radius 1 is 1.40 bits per heavy atom. The number of carbonyl (C=O) groups is 1. The van der Waals surface area contributed by atoms with Crippen LogP contribution >= 0.6 is 11.3 Å². The summed E-state index contributed by atoms with van der Waals surface area (Å²) in [5.41, 5.74) is 3.51. The lowest BCUT2D eigenvalue weighted by molar-refractivity contribution is 0.0921. The molecule has 1 unspecified atom stereocenters. The maximum absolute atomic E-state index is 12.3. The average molecular weight is 290 g/mol. The summed E-state index contributed by atoms with van der Waals surface area (Å²) < 4.78 is 0. The maximum Gasteiger partial charge on any atom is 0.270 e. The standard InChI is InChI=1S/C14H18N4OS/c1-9(2)13(12-4-3-7-20-12)17-14(19)11-8-10(18-15)5-6-16-11/h3-9,13H,15H2,1-2H3,(H,16,18)(H,17,19). The SMILES string of the molecule is CC(C)C(NC(=O)c1cc(NN)ccn1)c1cccs1. The first-order valence-corrected chi connectivity index (χ1v) is 7.26. The highest BCUT2D eigenvalue weighted by Gasteiger charge is 2.20. The van der Waals surface area contributed by atoms with Gasteiger partial charge in [-0.1, -0.05) is 19.9 Å². The van der Waals surface area contributed by atoms with Crippen molar-refractivity contribution in [3.63, 3.8) is 0 Å². The summed E-state index contributed by atoms with van der Waals surface area (Å²) in [6.07, 6.45) is 1.56. The Kier molecular flexibility index (Phi) is 4.70. The molecule has 106 valence electrons. The molecule has 0 fully saturated rings. The third kappa shape index (κ3) is 3.34. The zero-order valence-corrected chi connectivity index (χ0v) is 12.3. The molecule has 4 N–H and O–H groups in total. The average Bonchev–Trinajstić information content (AvgIpc) is 2.98. The predicted molar refractivity (Wildman–Crippen MR) is 81.4 cm³/mol. The van der Waals surface area contributed by atoms with Crippen molar-refractivity contribution in [2.75, 3.05) is 5.43 Å². The summed E-state index contributed by atoms with van der Waals surface area (Å²) in [6, 6.07) is 7.33.